The third-order valence-corrected chi connectivity index (χ3v) is 7.87. The Labute approximate surface area is 215 Å². The molecule has 0 atom stereocenters. The Hall–Kier alpha value is -2.95. The summed E-state index contributed by atoms with van der Waals surface area (Å²) in [6.07, 6.45) is 3.28. The van der Waals surface area contributed by atoms with E-state index in [1.807, 2.05) is 36.4 Å². The van der Waals surface area contributed by atoms with Gasteiger partial charge < -0.3 is 14.7 Å². The van der Waals surface area contributed by atoms with Gasteiger partial charge in [0.25, 0.3) is 0 Å². The second-order valence-corrected chi connectivity index (χ2v) is 10.7. The van der Waals surface area contributed by atoms with Crippen LogP contribution in [0.3, 0.4) is 0 Å². The van der Waals surface area contributed by atoms with Gasteiger partial charge in [-0.15, -0.1) is 0 Å². The van der Waals surface area contributed by atoms with Gasteiger partial charge in [0, 0.05) is 12.0 Å². The molecular weight excluding hydrogens is 446 g/mol. The molecule has 4 nitrogen and oxygen atoms in total. The van der Waals surface area contributed by atoms with Crippen LogP contribution in [-0.2, 0) is 27.0 Å². The number of carbonyl (C=O) groups is 1. The minimum Gasteiger partial charge on any atom is -0.469 e. The molecule has 1 saturated heterocycles. The maximum atomic E-state index is 12.1. The normalized spacial score (nSPS) is 15.6. The first-order valence-corrected chi connectivity index (χ1v) is 13.0. The summed E-state index contributed by atoms with van der Waals surface area (Å²) in [6.45, 7) is 7.13. The number of esters is 1. The van der Waals surface area contributed by atoms with Crippen molar-refractivity contribution in [3.8, 4) is 0 Å². The van der Waals surface area contributed by atoms with Gasteiger partial charge in [-0.2, -0.15) is 0 Å². The van der Waals surface area contributed by atoms with Crippen molar-refractivity contribution in [3.05, 3.63) is 107 Å². The Morgan fingerprint density at radius 2 is 1.39 bits per heavy atom. The predicted octanol–water partition coefficient (Wildman–Crippen LogP) is 5.72. The van der Waals surface area contributed by atoms with Gasteiger partial charge in [0.05, 0.1) is 13.5 Å². The van der Waals surface area contributed by atoms with Crippen LogP contribution in [0.5, 0.6) is 0 Å². The summed E-state index contributed by atoms with van der Waals surface area (Å²) in [5, 5.41) is 12.1. The van der Waals surface area contributed by atoms with E-state index in [0.717, 1.165) is 55.6 Å². The van der Waals surface area contributed by atoms with Gasteiger partial charge in [-0.05, 0) is 60.5 Å². The Bertz CT molecular complexity index is 1060. The van der Waals surface area contributed by atoms with E-state index < -0.39 is 5.60 Å². The first kappa shape index (κ1) is 26.1. The van der Waals surface area contributed by atoms with E-state index in [9.17, 15) is 9.90 Å². The van der Waals surface area contributed by atoms with Crippen molar-refractivity contribution in [2.24, 2.45) is 5.92 Å². The van der Waals surface area contributed by atoms with E-state index in [4.69, 9.17) is 4.74 Å². The largest absolute Gasteiger partial charge is 0.469 e. The zero-order valence-corrected chi connectivity index (χ0v) is 21.8. The molecule has 0 saturated carbocycles. The maximum absolute atomic E-state index is 12.1. The van der Waals surface area contributed by atoms with E-state index in [-0.39, 0.29) is 17.3 Å². The Morgan fingerprint density at radius 1 is 0.861 bits per heavy atom. The molecule has 1 aliphatic rings. The van der Waals surface area contributed by atoms with Gasteiger partial charge in [0.15, 0.2) is 0 Å². The smallest absolute Gasteiger partial charge is 0.306 e. The second-order valence-electron chi connectivity index (χ2n) is 10.7. The zero-order chi connectivity index (χ0) is 25.6. The minimum absolute atomic E-state index is 0.176. The van der Waals surface area contributed by atoms with Crippen molar-refractivity contribution in [2.75, 3.05) is 26.7 Å². The van der Waals surface area contributed by atoms with Crippen LogP contribution < -0.4 is 0 Å². The highest BCUT2D eigenvalue weighted by Crippen LogP contribution is 2.41. The van der Waals surface area contributed by atoms with Crippen LogP contribution in [0.15, 0.2) is 84.9 Å². The average Bonchev–Trinajstić information content (AvgIpc) is 2.92. The lowest BCUT2D eigenvalue weighted by atomic mass is 9.72. The summed E-state index contributed by atoms with van der Waals surface area (Å²) >= 11 is 0. The van der Waals surface area contributed by atoms with Gasteiger partial charge >= 0.3 is 5.97 Å². The molecule has 0 aromatic heterocycles. The zero-order valence-electron chi connectivity index (χ0n) is 21.8. The Morgan fingerprint density at radius 3 is 1.89 bits per heavy atom. The predicted molar refractivity (Wildman–Crippen MR) is 145 cm³/mol. The fraction of sp³-hybridized carbons (Fsp3) is 0.406. The number of carbonyl (C=O) groups excluding carboxylic acids is 1. The fourth-order valence-electron chi connectivity index (χ4n) is 5.54. The fourth-order valence-corrected chi connectivity index (χ4v) is 5.54. The molecule has 1 N–H and O–H groups in total. The number of methoxy groups -OCH3 is 1. The number of hydrogen-bond acceptors (Lipinski definition) is 4. The van der Waals surface area contributed by atoms with Gasteiger partial charge in [-0.25, -0.2) is 0 Å². The first-order chi connectivity index (χ1) is 17.3. The lowest BCUT2D eigenvalue weighted by molar-refractivity contribution is -0.141. The Kier molecular flexibility index (Phi) is 8.28. The van der Waals surface area contributed by atoms with Crippen LogP contribution in [0.4, 0.5) is 0 Å². The monoisotopic (exact) mass is 485 g/mol. The van der Waals surface area contributed by atoms with Gasteiger partial charge in [-0.3, -0.25) is 4.79 Å². The number of aliphatic hydroxyl groups is 1. The van der Waals surface area contributed by atoms with Crippen LogP contribution in [0.1, 0.15) is 55.4 Å². The summed E-state index contributed by atoms with van der Waals surface area (Å²) < 4.78 is 4.86. The second kappa shape index (κ2) is 11.4. The quantitative estimate of drug-likeness (QED) is 0.394. The number of nitrogens with zero attached hydrogens (tertiary/aromatic N) is 1. The molecule has 4 rings (SSSR count). The van der Waals surface area contributed by atoms with Crippen molar-refractivity contribution in [3.63, 3.8) is 0 Å². The van der Waals surface area contributed by atoms with Crippen LogP contribution in [-0.4, -0.2) is 42.7 Å². The SMILES string of the molecule is COC(=O)CC(C)(C)c1ccc(CCN2CCC(C(O)(c3ccccc3)c3ccccc3)CC2)cc1. The summed E-state index contributed by atoms with van der Waals surface area (Å²) in [7, 11) is 1.44. The molecule has 190 valence electrons. The maximum Gasteiger partial charge on any atom is 0.306 e. The summed E-state index contributed by atoms with van der Waals surface area (Å²) in [4.78, 5) is 14.3. The van der Waals surface area contributed by atoms with Crippen LogP contribution in [0.2, 0.25) is 0 Å². The van der Waals surface area contributed by atoms with E-state index in [1.54, 1.807) is 0 Å². The van der Waals surface area contributed by atoms with Crippen molar-refractivity contribution in [1.82, 2.24) is 4.90 Å². The molecule has 0 aliphatic carbocycles. The molecule has 0 bridgehead atoms. The molecule has 0 radical (unpaired) electrons. The first-order valence-electron chi connectivity index (χ1n) is 13.0. The standard InChI is InChI=1S/C32H39NO3/c1-31(2,24-30(34)36-3)26-16-14-25(15-17-26)18-21-33-22-19-29(20-23-33)32(35,27-10-6-4-7-11-27)28-12-8-5-9-13-28/h4-17,29,35H,18-24H2,1-3H3. The van der Waals surface area contributed by atoms with Crippen molar-refractivity contribution in [1.29, 1.82) is 0 Å². The molecule has 1 fully saturated rings. The van der Waals surface area contributed by atoms with E-state index in [2.05, 4.69) is 67.3 Å². The lowest BCUT2D eigenvalue weighted by Crippen LogP contribution is -2.44. The van der Waals surface area contributed by atoms with Crippen LogP contribution >= 0.6 is 0 Å². The molecule has 0 spiro atoms. The lowest BCUT2D eigenvalue weighted by Gasteiger charge is -2.42. The van der Waals surface area contributed by atoms with Crippen molar-refractivity contribution >= 4 is 5.97 Å². The number of rotatable bonds is 9. The minimum atomic E-state index is -0.971. The average molecular weight is 486 g/mol. The molecule has 0 amide bonds. The highest BCUT2D eigenvalue weighted by Gasteiger charge is 2.41. The molecule has 1 aliphatic heterocycles. The third-order valence-electron chi connectivity index (χ3n) is 7.87. The number of hydrogen-bond donors (Lipinski definition) is 1. The summed E-state index contributed by atoms with van der Waals surface area (Å²) in [6, 6.07) is 28.9. The number of benzene rings is 3. The Balaban J connectivity index is 1.36. The molecule has 3 aromatic rings. The molecule has 4 heteroatoms. The molecule has 36 heavy (non-hydrogen) atoms. The molecule has 0 unspecified atom stereocenters. The van der Waals surface area contributed by atoms with Crippen LogP contribution in [0.25, 0.3) is 0 Å². The van der Waals surface area contributed by atoms with Gasteiger partial charge in [-0.1, -0.05) is 98.8 Å². The van der Waals surface area contributed by atoms with Gasteiger partial charge in [0.2, 0.25) is 0 Å². The van der Waals surface area contributed by atoms with Crippen LogP contribution in [0, 0.1) is 5.92 Å². The van der Waals surface area contributed by atoms with E-state index >= 15 is 0 Å². The number of piperidine rings is 1. The van der Waals surface area contributed by atoms with E-state index in [1.165, 1.54) is 12.7 Å². The van der Waals surface area contributed by atoms with Crippen molar-refractivity contribution in [2.45, 2.75) is 50.5 Å². The topological polar surface area (TPSA) is 49.8 Å². The summed E-state index contributed by atoms with van der Waals surface area (Å²) in [5.41, 5.74) is 3.19. The molecule has 3 aromatic carbocycles. The highest BCUT2D eigenvalue weighted by molar-refractivity contribution is 5.71. The van der Waals surface area contributed by atoms with Crippen molar-refractivity contribution < 1.29 is 14.6 Å². The number of ether oxygens (including phenoxy) is 1. The van der Waals surface area contributed by atoms with Gasteiger partial charge in [0.1, 0.15) is 5.60 Å². The molecule has 1 heterocycles. The third kappa shape index (κ3) is 5.88. The highest BCUT2D eigenvalue weighted by atomic mass is 16.5. The molecular formula is C32H39NO3. The summed E-state index contributed by atoms with van der Waals surface area (Å²) in [5.74, 6) is -0.00576. The number of likely N-dealkylation sites (tertiary alicyclic amines) is 1. The van der Waals surface area contributed by atoms with E-state index in [0.29, 0.717) is 6.42 Å².